The van der Waals surface area contributed by atoms with Crippen LogP contribution < -0.4 is 16.0 Å². The van der Waals surface area contributed by atoms with Crippen LogP contribution in [-0.4, -0.2) is 22.7 Å². The van der Waals surface area contributed by atoms with E-state index >= 15 is 0 Å². The molecule has 0 aliphatic rings. The lowest BCUT2D eigenvalue weighted by Crippen LogP contribution is -2.21. The molecule has 2 aromatic carbocycles. The zero-order chi connectivity index (χ0) is 21.0. The van der Waals surface area contributed by atoms with E-state index in [-0.39, 0.29) is 36.8 Å². The van der Waals surface area contributed by atoms with Gasteiger partial charge in [-0.3, -0.25) is 4.79 Å². The molecule has 0 radical (unpaired) electrons. The highest BCUT2D eigenvalue weighted by Gasteiger charge is 2.34. The molecule has 0 saturated carbocycles. The van der Waals surface area contributed by atoms with E-state index in [0.717, 1.165) is 11.6 Å². The van der Waals surface area contributed by atoms with Crippen LogP contribution in [0.4, 0.5) is 13.2 Å². The average molecular weight is 424 g/mol. The summed E-state index contributed by atoms with van der Waals surface area (Å²) in [5.41, 5.74) is 4.55. The Hall–Kier alpha value is -2.84. The van der Waals surface area contributed by atoms with Crippen LogP contribution in [0.2, 0.25) is 5.02 Å². The van der Waals surface area contributed by atoms with Gasteiger partial charge >= 0.3 is 11.7 Å². The fourth-order valence-corrected chi connectivity index (χ4v) is 3.10. The van der Waals surface area contributed by atoms with E-state index in [1.807, 2.05) is 30.3 Å². The Labute approximate surface area is 169 Å². The Balaban J connectivity index is 2.17. The summed E-state index contributed by atoms with van der Waals surface area (Å²) < 4.78 is 46.7. The van der Waals surface area contributed by atoms with Crippen molar-refractivity contribution in [3.05, 3.63) is 81.2 Å². The maximum atomic E-state index is 13.3. The highest BCUT2D eigenvalue weighted by atomic mass is 35.5. The van der Waals surface area contributed by atoms with E-state index < -0.39 is 22.3 Å². The second kappa shape index (κ2) is 8.67. The first-order valence-corrected chi connectivity index (χ1v) is 9.03. The minimum atomic E-state index is -4.64. The fraction of sp³-hybridized carbons (Fsp3) is 0.200. The van der Waals surface area contributed by atoms with Crippen molar-refractivity contribution in [1.29, 1.82) is 0 Å². The molecule has 0 bridgehead atoms. The van der Waals surface area contributed by atoms with Crippen LogP contribution in [-0.2, 0) is 12.7 Å². The van der Waals surface area contributed by atoms with Gasteiger partial charge in [0.2, 0.25) is 5.75 Å². The first kappa shape index (κ1) is 20.9. The zero-order valence-electron chi connectivity index (χ0n) is 15.1. The molecule has 0 saturated heterocycles. The summed E-state index contributed by atoms with van der Waals surface area (Å²) in [4.78, 5) is 16.3. The number of nitrogens with two attached hydrogens (primary N) is 1. The molecule has 0 aliphatic carbocycles. The standard InChI is InChI=1S/C20H17ClF3N3O2/c21-17-14(7-4-8-15(17)20(22,23)24)18-26-19(28)16(29-10-9-25)12-27(18)11-13-5-2-1-3-6-13/h1-8,12H,9-11,25H2. The number of hydrogen-bond acceptors (Lipinski definition) is 4. The lowest BCUT2D eigenvalue weighted by molar-refractivity contribution is -0.137. The van der Waals surface area contributed by atoms with Gasteiger partial charge in [-0.05, 0) is 17.7 Å². The third-order valence-electron chi connectivity index (χ3n) is 4.08. The number of nitrogens with zero attached hydrogens (tertiary/aromatic N) is 2. The molecule has 0 fully saturated rings. The van der Waals surface area contributed by atoms with Crippen molar-refractivity contribution in [1.82, 2.24) is 9.55 Å². The van der Waals surface area contributed by atoms with E-state index in [9.17, 15) is 18.0 Å². The van der Waals surface area contributed by atoms with E-state index in [4.69, 9.17) is 22.1 Å². The number of halogens is 4. The lowest BCUT2D eigenvalue weighted by Gasteiger charge is -2.17. The normalized spacial score (nSPS) is 11.5. The maximum absolute atomic E-state index is 13.3. The first-order valence-electron chi connectivity index (χ1n) is 8.65. The van der Waals surface area contributed by atoms with E-state index in [1.165, 1.54) is 22.9 Å². The Bertz CT molecular complexity index is 1050. The number of hydrogen-bond donors (Lipinski definition) is 1. The molecule has 0 spiro atoms. The third-order valence-corrected chi connectivity index (χ3v) is 4.49. The molecule has 5 nitrogen and oxygen atoms in total. The van der Waals surface area contributed by atoms with E-state index in [1.54, 1.807) is 0 Å². The molecular formula is C20H17ClF3N3O2. The van der Waals surface area contributed by atoms with Crippen molar-refractivity contribution in [3.63, 3.8) is 0 Å². The van der Waals surface area contributed by atoms with Crippen LogP contribution in [0.15, 0.2) is 59.5 Å². The number of ether oxygens (including phenoxy) is 1. The first-order chi connectivity index (χ1) is 13.8. The number of rotatable bonds is 6. The Morgan fingerprint density at radius 1 is 1.10 bits per heavy atom. The van der Waals surface area contributed by atoms with Gasteiger partial charge < -0.3 is 15.0 Å². The Kier molecular flexibility index (Phi) is 6.24. The molecule has 0 unspecified atom stereocenters. The number of aromatic nitrogens is 2. The van der Waals surface area contributed by atoms with Gasteiger partial charge in [0.25, 0.3) is 0 Å². The zero-order valence-corrected chi connectivity index (χ0v) is 15.9. The van der Waals surface area contributed by atoms with Crippen molar-refractivity contribution in [2.24, 2.45) is 5.73 Å². The van der Waals surface area contributed by atoms with Crippen molar-refractivity contribution in [3.8, 4) is 17.1 Å². The van der Waals surface area contributed by atoms with Gasteiger partial charge in [-0.25, -0.2) is 0 Å². The lowest BCUT2D eigenvalue weighted by atomic mass is 10.1. The van der Waals surface area contributed by atoms with Crippen LogP contribution >= 0.6 is 11.6 Å². The SMILES string of the molecule is NCCOc1cn(Cc2ccccc2)c(-c2cccc(C(F)(F)F)c2Cl)nc1=O. The average Bonchev–Trinajstić information content (AvgIpc) is 2.68. The Morgan fingerprint density at radius 3 is 2.48 bits per heavy atom. The number of benzene rings is 2. The molecule has 1 aromatic heterocycles. The fourth-order valence-electron chi connectivity index (χ4n) is 2.78. The van der Waals surface area contributed by atoms with Crippen LogP contribution in [0.5, 0.6) is 5.75 Å². The minimum absolute atomic E-state index is 0.0000948. The van der Waals surface area contributed by atoms with Crippen molar-refractivity contribution >= 4 is 11.6 Å². The summed E-state index contributed by atoms with van der Waals surface area (Å²) in [5.74, 6) is -0.0340. The van der Waals surface area contributed by atoms with Gasteiger partial charge in [-0.15, -0.1) is 0 Å². The molecule has 3 aromatic rings. The van der Waals surface area contributed by atoms with Crippen molar-refractivity contribution in [2.75, 3.05) is 13.2 Å². The van der Waals surface area contributed by atoms with Crippen LogP contribution in [0.3, 0.4) is 0 Å². The van der Waals surface area contributed by atoms with Crippen LogP contribution in [0.1, 0.15) is 11.1 Å². The molecular weight excluding hydrogens is 407 g/mol. The molecule has 1 heterocycles. The summed E-state index contributed by atoms with van der Waals surface area (Å²) in [6.45, 7) is 0.542. The summed E-state index contributed by atoms with van der Waals surface area (Å²) in [5, 5.41) is -0.524. The Morgan fingerprint density at radius 2 is 1.83 bits per heavy atom. The molecule has 0 aliphatic heterocycles. The summed E-state index contributed by atoms with van der Waals surface area (Å²) in [6.07, 6.45) is -3.23. The third kappa shape index (κ3) is 4.78. The van der Waals surface area contributed by atoms with Crippen molar-refractivity contribution < 1.29 is 17.9 Å². The second-order valence-electron chi connectivity index (χ2n) is 6.15. The van der Waals surface area contributed by atoms with Gasteiger partial charge in [-0.1, -0.05) is 48.0 Å². The minimum Gasteiger partial charge on any atom is -0.485 e. The molecule has 152 valence electrons. The largest absolute Gasteiger partial charge is 0.485 e. The molecule has 9 heteroatoms. The van der Waals surface area contributed by atoms with Crippen LogP contribution in [0.25, 0.3) is 11.4 Å². The molecule has 0 amide bonds. The summed E-state index contributed by atoms with van der Waals surface area (Å²) in [6, 6.07) is 12.7. The predicted molar refractivity (Wildman–Crippen MR) is 104 cm³/mol. The molecule has 29 heavy (non-hydrogen) atoms. The molecule has 0 atom stereocenters. The quantitative estimate of drug-likeness (QED) is 0.651. The predicted octanol–water partition coefficient (Wildman–Crippen LogP) is 3.97. The van der Waals surface area contributed by atoms with E-state index in [2.05, 4.69) is 4.98 Å². The highest BCUT2D eigenvalue weighted by Crippen LogP contribution is 2.39. The number of alkyl halides is 3. The monoisotopic (exact) mass is 423 g/mol. The van der Waals surface area contributed by atoms with Crippen LogP contribution in [0, 0.1) is 0 Å². The van der Waals surface area contributed by atoms with Gasteiger partial charge in [0.05, 0.1) is 16.8 Å². The maximum Gasteiger partial charge on any atom is 0.417 e. The summed E-state index contributed by atoms with van der Waals surface area (Å²) >= 11 is 6.06. The van der Waals surface area contributed by atoms with Gasteiger partial charge in [0.1, 0.15) is 12.4 Å². The summed E-state index contributed by atoms with van der Waals surface area (Å²) in [7, 11) is 0. The molecule has 2 N–H and O–H groups in total. The van der Waals surface area contributed by atoms with E-state index in [0.29, 0.717) is 0 Å². The van der Waals surface area contributed by atoms with Gasteiger partial charge in [0.15, 0.2) is 0 Å². The van der Waals surface area contributed by atoms with Gasteiger partial charge in [-0.2, -0.15) is 18.2 Å². The smallest absolute Gasteiger partial charge is 0.417 e. The highest BCUT2D eigenvalue weighted by molar-refractivity contribution is 6.34. The second-order valence-corrected chi connectivity index (χ2v) is 6.53. The van der Waals surface area contributed by atoms with Crippen molar-refractivity contribution in [2.45, 2.75) is 12.7 Å². The molecule has 3 rings (SSSR count). The van der Waals surface area contributed by atoms with Gasteiger partial charge in [0, 0.05) is 18.7 Å². The topological polar surface area (TPSA) is 70.1 Å².